The van der Waals surface area contributed by atoms with Crippen molar-refractivity contribution in [1.29, 1.82) is 0 Å². The van der Waals surface area contributed by atoms with Crippen molar-refractivity contribution in [2.24, 2.45) is 17.8 Å². The number of hydrogen-bond acceptors (Lipinski definition) is 4. The zero-order valence-electron chi connectivity index (χ0n) is 14.5. The van der Waals surface area contributed by atoms with Gasteiger partial charge in [0.15, 0.2) is 0 Å². The summed E-state index contributed by atoms with van der Waals surface area (Å²) in [5, 5.41) is 18.0. The molecule has 2 aliphatic rings. The highest BCUT2D eigenvalue weighted by molar-refractivity contribution is 7.89. The van der Waals surface area contributed by atoms with E-state index in [4.69, 9.17) is 5.11 Å². The van der Waals surface area contributed by atoms with Crippen molar-refractivity contribution < 1.29 is 23.4 Å². The number of phenolic OH excluding ortho intramolecular Hbond substituents is 1. The van der Waals surface area contributed by atoms with E-state index in [0.717, 1.165) is 19.3 Å². The molecule has 6 nitrogen and oxygen atoms in total. The Morgan fingerprint density at radius 3 is 2.58 bits per heavy atom. The maximum absolute atomic E-state index is 12.7. The molecule has 0 aliphatic heterocycles. The van der Waals surface area contributed by atoms with Crippen LogP contribution in [0, 0.1) is 17.8 Å². The Balaban J connectivity index is 1.67. The molecule has 0 amide bonds. The lowest BCUT2D eigenvalue weighted by atomic mass is 9.84. The van der Waals surface area contributed by atoms with Gasteiger partial charge in [-0.3, -0.25) is 4.79 Å². The Morgan fingerprint density at radius 2 is 1.88 bits per heavy atom. The predicted octanol–water partition coefficient (Wildman–Crippen LogP) is 2.90. The van der Waals surface area contributed by atoms with Crippen LogP contribution in [0.2, 0.25) is 0 Å². The summed E-state index contributed by atoms with van der Waals surface area (Å²) in [5.74, 6) is 0.234. The molecule has 2 aliphatic carbocycles. The standard InChI is InChI=1S/C19H25NO5S/c21-15-8-10-16(11-9-15)26(24,25)20-19-14-7-6-13(12-14)17(19)4-2-1-3-5-18(22)23/h2,4,8-11,13-14,17,19-21H,1,3,5-7,12H2,(H,22,23)/b4-2-. The Hall–Kier alpha value is -1.86. The zero-order chi connectivity index (χ0) is 18.7. The van der Waals surface area contributed by atoms with Gasteiger partial charge in [0.25, 0.3) is 0 Å². The first-order valence-corrected chi connectivity index (χ1v) is 10.5. The number of carboxylic acid groups (broad SMARTS) is 1. The van der Waals surface area contributed by atoms with Crippen molar-refractivity contribution in [2.45, 2.75) is 49.5 Å². The fourth-order valence-electron chi connectivity index (χ4n) is 4.28. The Bertz CT molecular complexity index is 772. The Morgan fingerprint density at radius 1 is 1.19 bits per heavy atom. The summed E-state index contributed by atoms with van der Waals surface area (Å²) in [6.07, 6.45) is 8.70. The molecule has 0 spiro atoms. The first-order chi connectivity index (χ1) is 12.4. The maximum atomic E-state index is 12.7. The summed E-state index contributed by atoms with van der Waals surface area (Å²) in [6, 6.07) is 5.43. The van der Waals surface area contributed by atoms with Crippen LogP contribution in [0.3, 0.4) is 0 Å². The molecule has 1 aromatic rings. The highest BCUT2D eigenvalue weighted by Crippen LogP contribution is 2.49. The molecule has 4 unspecified atom stereocenters. The molecule has 0 aromatic heterocycles. The molecule has 142 valence electrons. The van der Waals surface area contributed by atoms with Gasteiger partial charge in [0.1, 0.15) is 5.75 Å². The monoisotopic (exact) mass is 379 g/mol. The van der Waals surface area contributed by atoms with Crippen LogP contribution in [0.4, 0.5) is 0 Å². The van der Waals surface area contributed by atoms with Gasteiger partial charge in [0, 0.05) is 12.5 Å². The minimum atomic E-state index is -3.64. The van der Waals surface area contributed by atoms with Gasteiger partial charge in [-0.2, -0.15) is 0 Å². The second-order valence-electron chi connectivity index (χ2n) is 7.27. The van der Waals surface area contributed by atoms with Crippen LogP contribution < -0.4 is 4.72 Å². The number of carbonyl (C=O) groups is 1. The number of unbranched alkanes of at least 4 members (excludes halogenated alkanes) is 1. The number of carboxylic acids is 1. The second kappa shape index (κ2) is 7.80. The smallest absolute Gasteiger partial charge is 0.303 e. The molecule has 3 N–H and O–H groups in total. The van der Waals surface area contributed by atoms with Crippen molar-refractivity contribution in [3.05, 3.63) is 36.4 Å². The normalized spacial score (nSPS) is 28.0. The van der Waals surface area contributed by atoms with Crippen molar-refractivity contribution >= 4 is 16.0 Å². The van der Waals surface area contributed by atoms with Crippen LogP contribution in [0.15, 0.2) is 41.3 Å². The topological polar surface area (TPSA) is 104 Å². The van der Waals surface area contributed by atoms with E-state index >= 15 is 0 Å². The SMILES string of the molecule is O=C(O)CCC/C=C\C1C2CCC(C2)C1NS(=O)(=O)c1ccc(O)cc1. The van der Waals surface area contributed by atoms with Gasteiger partial charge in [0.05, 0.1) is 4.90 Å². The molecule has 4 atom stereocenters. The average molecular weight is 379 g/mol. The van der Waals surface area contributed by atoms with E-state index in [1.54, 1.807) is 0 Å². The number of benzene rings is 1. The first kappa shape index (κ1) is 18.9. The molecule has 0 heterocycles. The van der Waals surface area contributed by atoms with E-state index in [0.29, 0.717) is 24.7 Å². The summed E-state index contributed by atoms with van der Waals surface area (Å²) in [4.78, 5) is 10.7. The molecule has 2 saturated carbocycles. The summed E-state index contributed by atoms with van der Waals surface area (Å²) >= 11 is 0. The number of allylic oxidation sites excluding steroid dienone is 1. The second-order valence-corrected chi connectivity index (χ2v) is 8.98. The van der Waals surface area contributed by atoms with Gasteiger partial charge in [-0.1, -0.05) is 12.2 Å². The fourth-order valence-corrected chi connectivity index (χ4v) is 5.62. The number of rotatable bonds is 8. The van der Waals surface area contributed by atoms with Crippen LogP contribution in [0.25, 0.3) is 0 Å². The number of fused-ring (bicyclic) bond motifs is 2. The lowest BCUT2D eigenvalue weighted by Gasteiger charge is -2.29. The van der Waals surface area contributed by atoms with Crippen LogP contribution in [-0.2, 0) is 14.8 Å². The third kappa shape index (κ3) is 4.27. The number of aromatic hydroxyl groups is 1. The summed E-state index contributed by atoms with van der Waals surface area (Å²) < 4.78 is 28.3. The zero-order valence-corrected chi connectivity index (χ0v) is 15.4. The van der Waals surface area contributed by atoms with Crippen molar-refractivity contribution in [3.63, 3.8) is 0 Å². The summed E-state index contributed by atoms with van der Waals surface area (Å²) in [7, 11) is -3.64. The third-order valence-electron chi connectivity index (χ3n) is 5.54. The van der Waals surface area contributed by atoms with E-state index < -0.39 is 16.0 Å². The average Bonchev–Trinajstić information content (AvgIpc) is 3.17. The van der Waals surface area contributed by atoms with Gasteiger partial charge in [-0.05, 0) is 74.1 Å². The molecule has 7 heteroatoms. The van der Waals surface area contributed by atoms with Gasteiger partial charge in [0.2, 0.25) is 10.0 Å². The Labute approximate surface area is 154 Å². The lowest BCUT2D eigenvalue weighted by Crippen LogP contribution is -2.43. The quantitative estimate of drug-likeness (QED) is 0.476. The Kier molecular flexibility index (Phi) is 5.67. The molecule has 26 heavy (non-hydrogen) atoms. The van der Waals surface area contributed by atoms with Crippen molar-refractivity contribution in [2.75, 3.05) is 0 Å². The molecular weight excluding hydrogens is 354 g/mol. The summed E-state index contributed by atoms with van der Waals surface area (Å²) in [6.45, 7) is 0. The molecule has 0 radical (unpaired) electrons. The molecule has 3 rings (SSSR count). The fraction of sp³-hybridized carbons (Fsp3) is 0.526. The number of sulfonamides is 1. The van der Waals surface area contributed by atoms with Gasteiger partial charge in [-0.15, -0.1) is 0 Å². The van der Waals surface area contributed by atoms with Gasteiger partial charge >= 0.3 is 5.97 Å². The maximum Gasteiger partial charge on any atom is 0.303 e. The summed E-state index contributed by atoms with van der Waals surface area (Å²) in [5.41, 5.74) is 0. The molecule has 0 saturated heterocycles. The minimum Gasteiger partial charge on any atom is -0.508 e. The van der Waals surface area contributed by atoms with Crippen LogP contribution in [0.1, 0.15) is 38.5 Å². The highest BCUT2D eigenvalue weighted by Gasteiger charge is 2.47. The largest absolute Gasteiger partial charge is 0.508 e. The number of aliphatic carboxylic acids is 1. The third-order valence-corrected chi connectivity index (χ3v) is 7.01. The van der Waals surface area contributed by atoms with E-state index in [2.05, 4.69) is 10.8 Å². The van der Waals surface area contributed by atoms with Crippen LogP contribution >= 0.6 is 0 Å². The van der Waals surface area contributed by atoms with Crippen molar-refractivity contribution in [1.82, 2.24) is 4.72 Å². The van der Waals surface area contributed by atoms with Crippen molar-refractivity contribution in [3.8, 4) is 5.75 Å². The van der Waals surface area contributed by atoms with Gasteiger partial charge in [-0.25, -0.2) is 13.1 Å². The van der Waals surface area contributed by atoms with E-state index in [1.165, 1.54) is 24.3 Å². The van der Waals surface area contributed by atoms with E-state index in [9.17, 15) is 18.3 Å². The lowest BCUT2D eigenvalue weighted by molar-refractivity contribution is -0.137. The van der Waals surface area contributed by atoms with Crippen LogP contribution in [-0.4, -0.2) is 30.6 Å². The predicted molar refractivity (Wildman–Crippen MR) is 97.2 cm³/mol. The number of nitrogens with one attached hydrogen (secondary N) is 1. The van der Waals surface area contributed by atoms with Crippen LogP contribution in [0.5, 0.6) is 5.75 Å². The van der Waals surface area contributed by atoms with Gasteiger partial charge < -0.3 is 10.2 Å². The molecule has 1 aromatic carbocycles. The highest BCUT2D eigenvalue weighted by atomic mass is 32.2. The van der Waals surface area contributed by atoms with E-state index in [-0.39, 0.29) is 29.0 Å². The number of phenols is 1. The first-order valence-electron chi connectivity index (χ1n) is 9.06. The molecule has 2 bridgehead atoms. The molecular formula is C19H25NO5S. The minimum absolute atomic E-state index is 0.0334. The molecule has 2 fully saturated rings. The number of hydrogen-bond donors (Lipinski definition) is 3. The van der Waals surface area contributed by atoms with E-state index in [1.807, 2.05) is 6.08 Å².